The monoisotopic (exact) mass is 327 g/mol. The highest BCUT2D eigenvalue weighted by Gasteiger charge is 2.33. The molecule has 1 fully saturated rings. The fourth-order valence-corrected chi connectivity index (χ4v) is 2.55. The smallest absolute Gasteiger partial charge is 0.410 e. The largest absolute Gasteiger partial charge is 0.444 e. The van der Waals surface area contributed by atoms with Crippen LogP contribution in [0.25, 0.3) is 0 Å². The minimum Gasteiger partial charge on any atom is -0.444 e. The maximum absolute atomic E-state index is 12.3. The van der Waals surface area contributed by atoms with Crippen LogP contribution in [0.2, 0.25) is 5.02 Å². The molecule has 22 heavy (non-hydrogen) atoms. The van der Waals surface area contributed by atoms with Crippen molar-refractivity contribution < 1.29 is 14.3 Å². The van der Waals surface area contributed by atoms with Gasteiger partial charge in [0, 0.05) is 26.3 Å². The summed E-state index contributed by atoms with van der Waals surface area (Å²) in [6.07, 6.45) is 1.94. The lowest BCUT2D eigenvalue weighted by atomic mass is 10.2. The molecule has 1 atom stereocenters. The second kappa shape index (κ2) is 6.20. The lowest BCUT2D eigenvalue weighted by Gasteiger charge is -2.28. The van der Waals surface area contributed by atoms with Crippen LogP contribution in [0.1, 0.15) is 37.7 Å². The van der Waals surface area contributed by atoms with Crippen LogP contribution in [-0.2, 0) is 4.74 Å². The van der Waals surface area contributed by atoms with Crippen molar-refractivity contribution in [3.8, 4) is 0 Å². The normalized spacial score (nSPS) is 18.4. The molecule has 0 unspecified atom stereocenters. The number of H-pyrrole nitrogens is 1. The minimum absolute atomic E-state index is 0.0377. The maximum Gasteiger partial charge on any atom is 0.410 e. The fraction of sp³-hybridized carbons (Fsp3) is 0.600. The number of amides is 2. The summed E-state index contributed by atoms with van der Waals surface area (Å²) in [5, 5.41) is 0.505. The number of likely N-dealkylation sites (tertiary alicyclic amines) is 1. The Morgan fingerprint density at radius 2 is 2.14 bits per heavy atom. The molecule has 0 saturated carbocycles. The second-order valence-corrected chi connectivity index (χ2v) is 6.95. The van der Waals surface area contributed by atoms with E-state index in [-0.39, 0.29) is 18.0 Å². The van der Waals surface area contributed by atoms with E-state index < -0.39 is 5.60 Å². The Balaban J connectivity index is 1.94. The van der Waals surface area contributed by atoms with Crippen molar-refractivity contribution in [1.82, 2.24) is 14.8 Å². The number of likely N-dealkylation sites (N-methyl/N-ethyl adjacent to an activating group) is 1. The molecule has 7 heteroatoms. The molecule has 0 bridgehead atoms. The molecule has 1 saturated heterocycles. The molecule has 1 aromatic heterocycles. The molecule has 1 aliphatic rings. The van der Waals surface area contributed by atoms with Crippen molar-refractivity contribution >= 4 is 23.6 Å². The predicted molar refractivity (Wildman–Crippen MR) is 84.1 cm³/mol. The fourth-order valence-electron chi connectivity index (χ4n) is 2.39. The van der Waals surface area contributed by atoms with Gasteiger partial charge in [-0.05, 0) is 33.3 Å². The van der Waals surface area contributed by atoms with E-state index in [1.165, 1.54) is 0 Å². The second-order valence-electron chi connectivity index (χ2n) is 6.52. The van der Waals surface area contributed by atoms with Crippen LogP contribution in [0.15, 0.2) is 12.3 Å². The lowest BCUT2D eigenvalue weighted by Crippen LogP contribution is -2.42. The summed E-state index contributed by atoms with van der Waals surface area (Å²) >= 11 is 5.82. The van der Waals surface area contributed by atoms with Crippen LogP contribution < -0.4 is 0 Å². The van der Waals surface area contributed by atoms with Crippen LogP contribution in [0.3, 0.4) is 0 Å². The van der Waals surface area contributed by atoms with Gasteiger partial charge in [-0.25, -0.2) is 4.79 Å². The van der Waals surface area contributed by atoms with Crippen LogP contribution in [0.5, 0.6) is 0 Å². The van der Waals surface area contributed by atoms with Gasteiger partial charge in [0.15, 0.2) is 0 Å². The lowest BCUT2D eigenvalue weighted by molar-refractivity contribution is 0.0226. The first kappa shape index (κ1) is 16.7. The number of halogens is 1. The Morgan fingerprint density at radius 1 is 1.45 bits per heavy atom. The van der Waals surface area contributed by atoms with Crippen LogP contribution >= 0.6 is 11.6 Å². The number of nitrogens with zero attached hydrogens (tertiary/aromatic N) is 2. The summed E-state index contributed by atoms with van der Waals surface area (Å²) < 4.78 is 5.36. The third-order valence-electron chi connectivity index (χ3n) is 3.56. The molecule has 1 aliphatic heterocycles. The van der Waals surface area contributed by atoms with Gasteiger partial charge < -0.3 is 19.5 Å². The number of nitrogens with one attached hydrogen (secondary N) is 1. The average Bonchev–Trinajstić information content (AvgIpc) is 3.03. The Labute approximate surface area is 135 Å². The van der Waals surface area contributed by atoms with Crippen molar-refractivity contribution in [2.75, 3.05) is 20.1 Å². The maximum atomic E-state index is 12.3. The first-order valence-corrected chi connectivity index (χ1v) is 7.64. The number of carbonyl (C=O) groups excluding carboxylic acids is 2. The zero-order valence-electron chi connectivity index (χ0n) is 13.4. The average molecular weight is 328 g/mol. The molecular weight excluding hydrogens is 306 g/mol. The summed E-state index contributed by atoms with van der Waals surface area (Å²) in [4.78, 5) is 30.5. The van der Waals surface area contributed by atoms with Gasteiger partial charge in [0.2, 0.25) is 0 Å². The molecule has 6 nitrogen and oxygen atoms in total. The van der Waals surface area contributed by atoms with Crippen molar-refractivity contribution in [3.63, 3.8) is 0 Å². The summed E-state index contributed by atoms with van der Waals surface area (Å²) in [7, 11) is 1.71. The highest BCUT2D eigenvalue weighted by molar-refractivity contribution is 6.30. The third kappa shape index (κ3) is 3.94. The molecule has 1 N–H and O–H groups in total. The molecule has 0 radical (unpaired) electrons. The van der Waals surface area contributed by atoms with Crippen molar-refractivity contribution in [3.05, 3.63) is 23.0 Å². The van der Waals surface area contributed by atoms with Gasteiger partial charge in [-0.1, -0.05) is 11.6 Å². The van der Waals surface area contributed by atoms with Crippen molar-refractivity contribution in [2.24, 2.45) is 0 Å². The van der Waals surface area contributed by atoms with Crippen LogP contribution in [-0.4, -0.2) is 58.6 Å². The summed E-state index contributed by atoms with van der Waals surface area (Å²) in [5.41, 5.74) is -0.0638. The van der Waals surface area contributed by atoms with E-state index in [0.717, 1.165) is 6.42 Å². The van der Waals surface area contributed by atoms with E-state index >= 15 is 0 Å². The van der Waals surface area contributed by atoms with Gasteiger partial charge in [0.1, 0.15) is 11.3 Å². The molecule has 0 spiro atoms. The van der Waals surface area contributed by atoms with E-state index in [0.29, 0.717) is 23.8 Å². The topological polar surface area (TPSA) is 65.6 Å². The van der Waals surface area contributed by atoms with Crippen LogP contribution in [0, 0.1) is 0 Å². The number of rotatable bonds is 2. The summed E-state index contributed by atoms with van der Waals surface area (Å²) in [5.74, 6) is -0.105. The number of aromatic amines is 1. The highest BCUT2D eigenvalue weighted by atomic mass is 35.5. The van der Waals surface area contributed by atoms with E-state index in [4.69, 9.17) is 16.3 Å². The Morgan fingerprint density at radius 3 is 2.68 bits per heavy atom. The molecule has 2 amide bonds. The summed E-state index contributed by atoms with van der Waals surface area (Å²) in [6, 6.07) is 1.57. The highest BCUT2D eigenvalue weighted by Crippen LogP contribution is 2.20. The molecule has 0 aromatic carbocycles. The van der Waals surface area contributed by atoms with Gasteiger partial charge in [0.25, 0.3) is 5.91 Å². The number of carbonyl (C=O) groups is 2. The van der Waals surface area contributed by atoms with Gasteiger partial charge >= 0.3 is 6.09 Å². The molecule has 122 valence electrons. The van der Waals surface area contributed by atoms with E-state index in [1.54, 1.807) is 29.1 Å². The SMILES string of the molecule is CN(C(=O)OC(C)(C)C)[C@@H]1CCN(C(=O)c2cc(Cl)c[nH]2)C1. The molecule has 2 heterocycles. The standard InChI is InChI=1S/C15H22ClN3O3/c1-15(2,3)22-14(21)18(4)11-5-6-19(9-11)13(20)12-7-10(16)8-17-12/h7-8,11,17H,5-6,9H2,1-4H3/t11-/m1/s1. The molecule has 0 aliphatic carbocycles. The van der Waals surface area contributed by atoms with Crippen molar-refractivity contribution in [2.45, 2.75) is 38.8 Å². The van der Waals surface area contributed by atoms with Gasteiger partial charge in [-0.3, -0.25) is 4.79 Å². The predicted octanol–water partition coefficient (Wildman–Crippen LogP) is 2.75. The van der Waals surface area contributed by atoms with E-state index in [9.17, 15) is 9.59 Å². The first-order chi connectivity index (χ1) is 10.2. The van der Waals surface area contributed by atoms with E-state index in [1.807, 2.05) is 20.8 Å². The zero-order valence-corrected chi connectivity index (χ0v) is 14.1. The quantitative estimate of drug-likeness (QED) is 0.908. The number of hydrogen-bond donors (Lipinski definition) is 1. The van der Waals surface area contributed by atoms with Gasteiger partial charge in [-0.2, -0.15) is 0 Å². The number of ether oxygens (including phenoxy) is 1. The zero-order chi connectivity index (χ0) is 16.5. The van der Waals surface area contributed by atoms with E-state index in [2.05, 4.69) is 4.98 Å². The Hall–Kier alpha value is -1.69. The Kier molecular flexibility index (Phi) is 4.70. The number of hydrogen-bond acceptors (Lipinski definition) is 3. The minimum atomic E-state index is -0.527. The molecule has 2 rings (SSSR count). The number of aromatic nitrogens is 1. The first-order valence-electron chi connectivity index (χ1n) is 7.26. The van der Waals surface area contributed by atoms with Crippen LogP contribution in [0.4, 0.5) is 4.79 Å². The third-order valence-corrected chi connectivity index (χ3v) is 3.78. The van der Waals surface area contributed by atoms with Crippen molar-refractivity contribution in [1.29, 1.82) is 0 Å². The van der Waals surface area contributed by atoms with Gasteiger partial charge in [0.05, 0.1) is 11.1 Å². The molecule has 1 aromatic rings. The molecular formula is C15H22ClN3O3. The van der Waals surface area contributed by atoms with Gasteiger partial charge in [-0.15, -0.1) is 0 Å². The Bertz CT molecular complexity index is 565. The summed E-state index contributed by atoms with van der Waals surface area (Å²) in [6.45, 7) is 6.59.